The van der Waals surface area contributed by atoms with Gasteiger partial charge in [0, 0.05) is 12.8 Å². The van der Waals surface area contributed by atoms with Crippen LogP contribution in [0.4, 0.5) is 9.18 Å². The zero-order valence-corrected chi connectivity index (χ0v) is 19.5. The molecule has 182 valence electrons. The molecule has 0 fully saturated rings. The molecule has 1 aliphatic rings. The highest BCUT2D eigenvalue weighted by molar-refractivity contribution is 5.74. The Hall–Kier alpha value is -2.71. The topological polar surface area (TPSA) is 113 Å². The van der Waals surface area contributed by atoms with Crippen molar-refractivity contribution in [3.05, 3.63) is 52.9 Å². The van der Waals surface area contributed by atoms with E-state index in [0.29, 0.717) is 18.4 Å². The number of carboxylic acid groups (broad SMARTS) is 1. The normalized spacial score (nSPS) is 19.9. The second-order valence-electron chi connectivity index (χ2n) is 8.99. The van der Waals surface area contributed by atoms with Gasteiger partial charge in [0.2, 0.25) is 0 Å². The van der Waals surface area contributed by atoms with Gasteiger partial charge in [0.05, 0.1) is 25.2 Å². The second-order valence-corrected chi connectivity index (χ2v) is 8.99. The van der Waals surface area contributed by atoms with E-state index in [9.17, 15) is 24.2 Å². The van der Waals surface area contributed by atoms with Crippen LogP contribution in [0.25, 0.3) is 5.57 Å². The van der Waals surface area contributed by atoms with Gasteiger partial charge in [-0.05, 0) is 60.1 Å². The number of benzene rings is 1. The number of aliphatic carboxylic acids is 1. The van der Waals surface area contributed by atoms with E-state index in [-0.39, 0.29) is 18.8 Å². The van der Waals surface area contributed by atoms with Gasteiger partial charge in [-0.1, -0.05) is 32.1 Å². The summed E-state index contributed by atoms with van der Waals surface area (Å²) < 4.78 is 24.3. The van der Waals surface area contributed by atoms with Gasteiger partial charge in [0.25, 0.3) is 0 Å². The number of aryl methyl sites for hydroxylation is 1. The van der Waals surface area contributed by atoms with Crippen molar-refractivity contribution in [2.75, 3.05) is 6.61 Å². The smallest absolute Gasteiger partial charge is 0.481 e. The molecule has 7 nitrogen and oxygen atoms in total. The zero-order valence-electron chi connectivity index (χ0n) is 19.5. The SMILES string of the molecule is CCOC(=O)O[C@@H]1CC(c2ccc(F)c(C)c2)=C(/C=C/[C@@H](O)C[C@@H](O)CC(=O)O)C(C)(C)C1. The van der Waals surface area contributed by atoms with Crippen LogP contribution in [0.2, 0.25) is 0 Å². The summed E-state index contributed by atoms with van der Waals surface area (Å²) in [5.74, 6) is -1.47. The summed E-state index contributed by atoms with van der Waals surface area (Å²) in [6.45, 7) is 7.53. The summed E-state index contributed by atoms with van der Waals surface area (Å²) in [6, 6.07) is 4.79. The summed E-state index contributed by atoms with van der Waals surface area (Å²) in [5.41, 5.74) is 2.51. The molecule has 3 atom stereocenters. The number of halogens is 1. The minimum Gasteiger partial charge on any atom is -0.481 e. The maximum atomic E-state index is 13.9. The van der Waals surface area contributed by atoms with Crippen molar-refractivity contribution in [3.63, 3.8) is 0 Å². The lowest BCUT2D eigenvalue weighted by molar-refractivity contribution is -0.139. The lowest BCUT2D eigenvalue weighted by Crippen LogP contribution is -2.32. The Bertz CT molecular complexity index is 919. The standard InChI is InChI=1S/C25H33FO7/c1-5-32-24(31)33-19-13-20(16-6-9-22(26)15(2)10-16)21(25(3,4)14-19)8-7-17(27)11-18(28)12-23(29)30/h6-10,17-19,27-28H,5,11-14H2,1-4H3,(H,29,30)/b8-7+/t17-,18-,19-/m1/s1. The number of carboxylic acids is 1. The third kappa shape index (κ3) is 7.68. The molecule has 0 saturated heterocycles. The number of hydrogen-bond donors (Lipinski definition) is 3. The van der Waals surface area contributed by atoms with Crippen LogP contribution in [0.15, 0.2) is 35.9 Å². The maximum Gasteiger partial charge on any atom is 0.508 e. The minimum atomic E-state index is -1.17. The largest absolute Gasteiger partial charge is 0.508 e. The molecule has 0 radical (unpaired) electrons. The molecule has 1 aromatic rings. The molecule has 33 heavy (non-hydrogen) atoms. The summed E-state index contributed by atoms with van der Waals surface area (Å²) >= 11 is 0. The van der Waals surface area contributed by atoms with Gasteiger partial charge >= 0.3 is 12.1 Å². The van der Waals surface area contributed by atoms with E-state index in [4.69, 9.17) is 14.6 Å². The third-order valence-electron chi connectivity index (χ3n) is 5.66. The Morgan fingerprint density at radius 1 is 1.30 bits per heavy atom. The molecule has 3 N–H and O–H groups in total. The average Bonchev–Trinajstić information content (AvgIpc) is 2.67. The number of carbonyl (C=O) groups excluding carboxylic acids is 1. The third-order valence-corrected chi connectivity index (χ3v) is 5.66. The van der Waals surface area contributed by atoms with Crippen LogP contribution in [-0.4, -0.2) is 52.4 Å². The molecular formula is C25H33FO7. The van der Waals surface area contributed by atoms with Gasteiger partial charge < -0.3 is 24.8 Å². The van der Waals surface area contributed by atoms with Crippen LogP contribution in [-0.2, 0) is 14.3 Å². The predicted octanol–water partition coefficient (Wildman–Crippen LogP) is 4.39. The van der Waals surface area contributed by atoms with Crippen molar-refractivity contribution in [1.29, 1.82) is 0 Å². The number of carbonyl (C=O) groups is 2. The summed E-state index contributed by atoms with van der Waals surface area (Å²) in [6.07, 6.45) is 0.190. The van der Waals surface area contributed by atoms with E-state index in [0.717, 1.165) is 16.7 Å². The molecule has 8 heteroatoms. The minimum absolute atomic E-state index is 0.115. The lowest BCUT2D eigenvalue weighted by atomic mass is 9.69. The summed E-state index contributed by atoms with van der Waals surface area (Å²) in [4.78, 5) is 22.7. The molecule has 0 saturated carbocycles. The first-order valence-corrected chi connectivity index (χ1v) is 11.0. The highest BCUT2D eigenvalue weighted by Crippen LogP contribution is 2.46. The number of hydrogen-bond acceptors (Lipinski definition) is 6. The van der Waals surface area contributed by atoms with Crippen LogP contribution in [0, 0.1) is 18.2 Å². The Balaban J connectivity index is 2.40. The van der Waals surface area contributed by atoms with Crippen molar-refractivity contribution >= 4 is 17.7 Å². The first-order valence-electron chi connectivity index (χ1n) is 11.0. The monoisotopic (exact) mass is 464 g/mol. The zero-order chi connectivity index (χ0) is 24.8. The van der Waals surface area contributed by atoms with Crippen molar-refractivity contribution in [1.82, 2.24) is 0 Å². The van der Waals surface area contributed by atoms with E-state index in [1.165, 1.54) is 12.1 Å². The van der Waals surface area contributed by atoms with E-state index in [1.54, 1.807) is 32.1 Å². The number of ether oxygens (including phenoxy) is 2. The predicted molar refractivity (Wildman–Crippen MR) is 121 cm³/mol. The molecule has 0 aromatic heterocycles. The average molecular weight is 465 g/mol. The van der Waals surface area contributed by atoms with Crippen LogP contribution in [0.3, 0.4) is 0 Å². The van der Waals surface area contributed by atoms with Crippen LogP contribution in [0.5, 0.6) is 0 Å². The molecule has 0 heterocycles. The quantitative estimate of drug-likeness (QED) is 0.465. The van der Waals surface area contributed by atoms with Gasteiger partial charge in [0.15, 0.2) is 0 Å². The molecule has 0 bridgehead atoms. The molecule has 1 aromatic carbocycles. The van der Waals surface area contributed by atoms with Crippen molar-refractivity contribution in [2.24, 2.45) is 5.41 Å². The Labute approximate surface area is 193 Å². The number of aliphatic hydroxyl groups excluding tert-OH is 2. The van der Waals surface area contributed by atoms with E-state index >= 15 is 0 Å². The lowest BCUT2D eigenvalue weighted by Gasteiger charge is -2.38. The first kappa shape index (κ1) is 26.5. The summed E-state index contributed by atoms with van der Waals surface area (Å²) in [7, 11) is 0. The van der Waals surface area contributed by atoms with Gasteiger partial charge in [-0.25, -0.2) is 9.18 Å². The summed E-state index contributed by atoms with van der Waals surface area (Å²) in [5, 5.41) is 28.9. The molecule has 2 rings (SSSR count). The fourth-order valence-electron chi connectivity index (χ4n) is 4.15. The Morgan fingerprint density at radius 2 is 2.00 bits per heavy atom. The van der Waals surface area contributed by atoms with E-state index < -0.39 is 42.3 Å². The van der Waals surface area contributed by atoms with Crippen molar-refractivity contribution in [2.45, 2.75) is 71.7 Å². The number of allylic oxidation sites excluding steroid dienone is 2. The Kier molecular flexibility index (Phi) is 9.19. The molecule has 0 aliphatic heterocycles. The number of aliphatic hydroxyl groups is 2. The fourth-order valence-corrected chi connectivity index (χ4v) is 4.15. The van der Waals surface area contributed by atoms with Gasteiger partial charge in [-0.15, -0.1) is 0 Å². The van der Waals surface area contributed by atoms with Gasteiger partial charge in [-0.3, -0.25) is 4.79 Å². The fraction of sp³-hybridized carbons (Fsp3) is 0.520. The van der Waals surface area contributed by atoms with Crippen LogP contribution < -0.4 is 0 Å². The maximum absolute atomic E-state index is 13.9. The Morgan fingerprint density at radius 3 is 2.61 bits per heavy atom. The molecule has 0 spiro atoms. The van der Waals surface area contributed by atoms with Gasteiger partial charge in [-0.2, -0.15) is 0 Å². The van der Waals surface area contributed by atoms with E-state index in [1.807, 2.05) is 13.8 Å². The highest BCUT2D eigenvalue weighted by atomic mass is 19.1. The van der Waals surface area contributed by atoms with Gasteiger partial charge in [0.1, 0.15) is 11.9 Å². The van der Waals surface area contributed by atoms with Crippen LogP contribution in [0.1, 0.15) is 57.6 Å². The highest BCUT2D eigenvalue weighted by Gasteiger charge is 2.36. The van der Waals surface area contributed by atoms with Crippen LogP contribution >= 0.6 is 0 Å². The first-order chi connectivity index (χ1) is 15.4. The van der Waals surface area contributed by atoms with E-state index in [2.05, 4.69) is 0 Å². The van der Waals surface area contributed by atoms with Crippen molar-refractivity contribution < 1.29 is 38.8 Å². The second kappa shape index (κ2) is 11.4. The number of rotatable bonds is 9. The molecule has 0 amide bonds. The van der Waals surface area contributed by atoms with Crippen molar-refractivity contribution in [3.8, 4) is 0 Å². The molecule has 1 aliphatic carbocycles. The molecular weight excluding hydrogens is 431 g/mol. The molecule has 0 unspecified atom stereocenters.